The van der Waals surface area contributed by atoms with Crippen LogP contribution >= 0.6 is 0 Å². The molecule has 2 rings (SSSR count). The highest BCUT2D eigenvalue weighted by Gasteiger charge is 2.34. The van der Waals surface area contributed by atoms with Gasteiger partial charge in [0.05, 0.1) is 17.8 Å². The molecule has 0 bridgehead atoms. The van der Waals surface area contributed by atoms with Crippen LogP contribution < -0.4 is 0 Å². The van der Waals surface area contributed by atoms with Crippen molar-refractivity contribution in [2.24, 2.45) is 11.8 Å². The topological polar surface area (TPSA) is 77.8 Å². The lowest BCUT2D eigenvalue weighted by molar-refractivity contribution is -0.138. The summed E-state index contributed by atoms with van der Waals surface area (Å²) in [7, 11) is 0. The fraction of sp³-hybridized carbons (Fsp3) is 0.600. The third kappa shape index (κ3) is 9.19. The number of carboxylic acid groups (broad SMARTS) is 1. The number of hydrogen-bond donors (Lipinski definition) is 3. The lowest BCUT2D eigenvalue weighted by atomic mass is 9.85. The Kier molecular flexibility index (Phi) is 10.5. The Hall–Kier alpha value is -2.08. The van der Waals surface area contributed by atoms with Crippen LogP contribution in [0.4, 0.5) is 13.2 Å². The van der Waals surface area contributed by atoms with E-state index in [4.69, 9.17) is 5.11 Å². The number of unbranched alkanes of at least 4 members (excludes halogenated alkanes) is 3. The van der Waals surface area contributed by atoms with Crippen LogP contribution in [-0.4, -0.2) is 33.5 Å². The Balaban J connectivity index is 1.78. The number of rotatable bonds is 12. The fourth-order valence-electron chi connectivity index (χ4n) is 4.46. The largest absolute Gasteiger partial charge is 0.481 e. The van der Waals surface area contributed by atoms with Gasteiger partial charge in [-0.25, -0.2) is 0 Å². The molecular weight excluding hydrogens is 421 g/mol. The molecule has 0 aliphatic heterocycles. The number of halogens is 3. The number of aliphatic carboxylic acids is 1. The number of carbonyl (C=O) groups is 1. The molecule has 178 valence electrons. The highest BCUT2D eigenvalue weighted by Crippen LogP contribution is 2.39. The zero-order valence-electron chi connectivity index (χ0n) is 18.2. The average molecular weight is 455 g/mol. The zero-order chi connectivity index (χ0) is 23.6. The molecule has 0 saturated heterocycles. The maximum atomic E-state index is 12.8. The van der Waals surface area contributed by atoms with Crippen molar-refractivity contribution < 1.29 is 33.3 Å². The maximum Gasteiger partial charge on any atom is 0.416 e. The summed E-state index contributed by atoms with van der Waals surface area (Å²) >= 11 is 0. The van der Waals surface area contributed by atoms with Crippen molar-refractivity contribution in [2.45, 2.75) is 82.6 Å². The van der Waals surface area contributed by atoms with Gasteiger partial charge in [-0.05, 0) is 73.8 Å². The Labute approximate surface area is 187 Å². The molecule has 4 atom stereocenters. The SMILES string of the molecule is O=C(O)CCCCCC[C@H]1CCC(O)C1CCC(O)C=C=Cc1cccc(C(F)(F)F)c1. The first-order valence-corrected chi connectivity index (χ1v) is 11.3. The minimum atomic E-state index is -4.40. The highest BCUT2D eigenvalue weighted by atomic mass is 19.4. The molecular formula is C25H33F3O4. The van der Waals surface area contributed by atoms with E-state index in [2.05, 4.69) is 5.73 Å². The van der Waals surface area contributed by atoms with Crippen LogP contribution in [0.25, 0.3) is 6.08 Å². The smallest absolute Gasteiger partial charge is 0.416 e. The van der Waals surface area contributed by atoms with Gasteiger partial charge in [-0.2, -0.15) is 13.2 Å². The minimum absolute atomic E-state index is 0.129. The molecule has 0 radical (unpaired) electrons. The quantitative estimate of drug-likeness (QED) is 0.274. The monoisotopic (exact) mass is 454 g/mol. The van der Waals surface area contributed by atoms with Gasteiger partial charge < -0.3 is 15.3 Å². The van der Waals surface area contributed by atoms with Crippen molar-refractivity contribution in [2.75, 3.05) is 0 Å². The van der Waals surface area contributed by atoms with Crippen molar-refractivity contribution >= 4 is 12.0 Å². The maximum absolute atomic E-state index is 12.8. The van der Waals surface area contributed by atoms with E-state index in [0.29, 0.717) is 30.7 Å². The van der Waals surface area contributed by atoms with E-state index < -0.39 is 23.8 Å². The van der Waals surface area contributed by atoms with Crippen LogP contribution in [0.2, 0.25) is 0 Å². The first-order chi connectivity index (χ1) is 15.2. The van der Waals surface area contributed by atoms with E-state index in [1.807, 2.05) is 0 Å². The van der Waals surface area contributed by atoms with Crippen LogP contribution in [0, 0.1) is 11.8 Å². The van der Waals surface area contributed by atoms with Crippen LogP contribution in [0.15, 0.2) is 36.1 Å². The summed E-state index contributed by atoms with van der Waals surface area (Å²) in [4.78, 5) is 10.5. The summed E-state index contributed by atoms with van der Waals surface area (Å²) in [6, 6.07) is 4.92. The summed E-state index contributed by atoms with van der Waals surface area (Å²) in [6.07, 6.45) is 4.95. The van der Waals surface area contributed by atoms with E-state index in [1.165, 1.54) is 18.2 Å². The van der Waals surface area contributed by atoms with Crippen LogP contribution in [0.5, 0.6) is 0 Å². The van der Waals surface area contributed by atoms with Gasteiger partial charge >= 0.3 is 12.1 Å². The molecule has 0 aromatic heterocycles. The van der Waals surface area contributed by atoms with Gasteiger partial charge in [-0.3, -0.25) is 4.79 Å². The standard InChI is InChI=1S/C25H33F3O4/c26-25(27,28)20-10-5-7-18(17-20)8-6-11-21(29)14-15-22-19(13-16-23(22)30)9-3-1-2-4-12-24(31)32/h5,7-8,10-11,17,19,21-23,29-30H,1-4,9,12-16H2,(H,31,32)/t6?,19-,21?,22?,23?/m0/s1. The van der Waals surface area contributed by atoms with E-state index >= 15 is 0 Å². The zero-order valence-corrected chi connectivity index (χ0v) is 18.2. The minimum Gasteiger partial charge on any atom is -0.481 e. The summed E-state index contributed by atoms with van der Waals surface area (Å²) in [5, 5.41) is 29.2. The molecule has 1 aliphatic carbocycles. The molecule has 3 unspecified atom stereocenters. The Morgan fingerprint density at radius 1 is 1.16 bits per heavy atom. The predicted molar refractivity (Wildman–Crippen MR) is 117 cm³/mol. The number of alkyl halides is 3. The second-order valence-electron chi connectivity index (χ2n) is 8.66. The summed E-state index contributed by atoms with van der Waals surface area (Å²) < 4.78 is 38.3. The van der Waals surface area contributed by atoms with Gasteiger partial charge in [-0.1, -0.05) is 37.8 Å². The third-order valence-corrected chi connectivity index (χ3v) is 6.20. The molecule has 32 heavy (non-hydrogen) atoms. The number of aliphatic hydroxyl groups excluding tert-OH is 2. The van der Waals surface area contributed by atoms with E-state index in [0.717, 1.165) is 50.7 Å². The van der Waals surface area contributed by atoms with Gasteiger partial charge in [-0.15, -0.1) is 5.73 Å². The van der Waals surface area contributed by atoms with Crippen molar-refractivity contribution in [1.29, 1.82) is 0 Å². The number of hydrogen-bond acceptors (Lipinski definition) is 3. The van der Waals surface area contributed by atoms with Gasteiger partial charge in [0.2, 0.25) is 0 Å². The van der Waals surface area contributed by atoms with Crippen molar-refractivity contribution in [3.63, 3.8) is 0 Å². The molecule has 0 heterocycles. The second-order valence-corrected chi connectivity index (χ2v) is 8.66. The van der Waals surface area contributed by atoms with E-state index in [9.17, 15) is 28.2 Å². The van der Waals surface area contributed by atoms with E-state index in [1.54, 1.807) is 6.07 Å². The Bertz CT molecular complexity index is 784. The molecule has 3 N–H and O–H groups in total. The lowest BCUT2D eigenvalue weighted by Crippen LogP contribution is -2.21. The third-order valence-electron chi connectivity index (χ3n) is 6.20. The van der Waals surface area contributed by atoms with Gasteiger partial charge in [0.25, 0.3) is 0 Å². The molecule has 1 fully saturated rings. The molecule has 1 aromatic carbocycles. The van der Waals surface area contributed by atoms with Crippen molar-refractivity contribution in [3.8, 4) is 0 Å². The normalized spacial score (nSPS) is 21.7. The number of benzene rings is 1. The van der Waals surface area contributed by atoms with Crippen molar-refractivity contribution in [1.82, 2.24) is 0 Å². The van der Waals surface area contributed by atoms with Gasteiger partial charge in [0.15, 0.2) is 0 Å². The van der Waals surface area contributed by atoms with Gasteiger partial charge in [0.1, 0.15) is 0 Å². The highest BCUT2D eigenvalue weighted by molar-refractivity contribution is 5.66. The predicted octanol–water partition coefficient (Wildman–Crippen LogP) is 5.83. The summed E-state index contributed by atoms with van der Waals surface area (Å²) in [5.74, 6) is -0.230. The Morgan fingerprint density at radius 3 is 2.62 bits per heavy atom. The Morgan fingerprint density at radius 2 is 1.91 bits per heavy atom. The van der Waals surface area contributed by atoms with Crippen molar-refractivity contribution in [3.05, 3.63) is 47.2 Å². The molecule has 1 saturated carbocycles. The summed E-state index contributed by atoms with van der Waals surface area (Å²) in [5.41, 5.74) is 2.40. The molecule has 0 spiro atoms. The second kappa shape index (κ2) is 12.8. The first kappa shape index (κ1) is 26.2. The fourth-order valence-corrected chi connectivity index (χ4v) is 4.46. The molecule has 7 heteroatoms. The number of carboxylic acids is 1. The average Bonchev–Trinajstić information content (AvgIpc) is 3.08. The van der Waals surface area contributed by atoms with Gasteiger partial charge in [0, 0.05) is 6.42 Å². The molecule has 0 amide bonds. The molecule has 1 aliphatic rings. The molecule has 1 aromatic rings. The summed E-state index contributed by atoms with van der Waals surface area (Å²) in [6.45, 7) is 0. The lowest BCUT2D eigenvalue weighted by Gasteiger charge is -2.22. The van der Waals surface area contributed by atoms with Crippen LogP contribution in [0.3, 0.4) is 0 Å². The number of aliphatic hydroxyl groups is 2. The molecule has 4 nitrogen and oxygen atoms in total. The van der Waals surface area contributed by atoms with Crippen LogP contribution in [0.1, 0.15) is 75.3 Å². The van der Waals surface area contributed by atoms with Crippen LogP contribution in [-0.2, 0) is 11.0 Å². The van der Waals surface area contributed by atoms with E-state index in [-0.39, 0.29) is 18.4 Å². The first-order valence-electron chi connectivity index (χ1n) is 11.3.